The summed E-state index contributed by atoms with van der Waals surface area (Å²) in [4.78, 5) is 16.5. The topological polar surface area (TPSA) is 41.4 Å². The van der Waals surface area contributed by atoms with Gasteiger partial charge < -0.3 is 4.90 Å². The van der Waals surface area contributed by atoms with E-state index in [1.165, 1.54) is 6.07 Å². The highest BCUT2D eigenvalue weighted by Gasteiger charge is 2.25. The summed E-state index contributed by atoms with van der Waals surface area (Å²) >= 11 is 6.09. The zero-order valence-corrected chi connectivity index (χ0v) is 14.6. The van der Waals surface area contributed by atoms with Gasteiger partial charge in [-0.3, -0.25) is 14.4 Å². The Morgan fingerprint density at radius 3 is 2.58 bits per heavy atom. The average Bonchev–Trinajstić information content (AvgIpc) is 2.89. The molecule has 0 atom stereocenters. The van der Waals surface area contributed by atoms with Gasteiger partial charge >= 0.3 is 0 Å². The molecule has 128 valence electrons. The third-order valence-corrected chi connectivity index (χ3v) is 4.68. The van der Waals surface area contributed by atoms with Crippen molar-refractivity contribution < 1.29 is 9.18 Å². The van der Waals surface area contributed by atoms with Gasteiger partial charge in [0, 0.05) is 50.4 Å². The van der Waals surface area contributed by atoms with Crippen molar-refractivity contribution in [1.82, 2.24) is 19.6 Å². The van der Waals surface area contributed by atoms with Crippen molar-refractivity contribution in [2.45, 2.75) is 13.5 Å². The number of carbonyl (C=O) groups excluding carboxylic acids is 1. The summed E-state index contributed by atoms with van der Waals surface area (Å²) in [6.07, 6.45) is 0. The summed E-state index contributed by atoms with van der Waals surface area (Å²) in [5.41, 5.74) is 1.94. The van der Waals surface area contributed by atoms with Gasteiger partial charge in [-0.2, -0.15) is 5.10 Å². The molecule has 1 amide bonds. The Hall–Kier alpha value is -1.92. The minimum absolute atomic E-state index is 0.0123. The van der Waals surface area contributed by atoms with Crippen molar-refractivity contribution in [1.29, 1.82) is 0 Å². The lowest BCUT2D eigenvalue weighted by Crippen LogP contribution is -2.48. The molecule has 0 unspecified atom stereocenters. The smallest absolute Gasteiger partial charge is 0.272 e. The molecule has 0 spiro atoms. The lowest BCUT2D eigenvalue weighted by atomic mass is 10.1. The second-order valence-corrected chi connectivity index (χ2v) is 6.47. The highest BCUT2D eigenvalue weighted by Crippen LogP contribution is 2.21. The summed E-state index contributed by atoms with van der Waals surface area (Å²) in [6, 6.07) is 6.53. The van der Waals surface area contributed by atoms with Gasteiger partial charge in [0.15, 0.2) is 0 Å². The van der Waals surface area contributed by atoms with Crippen LogP contribution in [-0.4, -0.2) is 51.7 Å². The molecule has 7 heteroatoms. The molecule has 3 rings (SSSR count). The maximum absolute atomic E-state index is 13.9. The number of hydrogen-bond acceptors (Lipinski definition) is 3. The molecule has 1 aliphatic heterocycles. The van der Waals surface area contributed by atoms with Crippen LogP contribution in [0.15, 0.2) is 24.3 Å². The first-order chi connectivity index (χ1) is 11.5. The van der Waals surface area contributed by atoms with Crippen molar-refractivity contribution in [2.24, 2.45) is 7.05 Å². The van der Waals surface area contributed by atoms with Crippen LogP contribution in [0.4, 0.5) is 4.39 Å². The van der Waals surface area contributed by atoms with E-state index in [-0.39, 0.29) is 11.7 Å². The van der Waals surface area contributed by atoms with E-state index in [1.807, 2.05) is 11.8 Å². The molecule has 1 aromatic heterocycles. The van der Waals surface area contributed by atoms with Crippen LogP contribution in [0.2, 0.25) is 5.02 Å². The Morgan fingerprint density at radius 2 is 2.00 bits per heavy atom. The number of benzene rings is 1. The largest absolute Gasteiger partial charge is 0.335 e. The number of nitrogens with zero attached hydrogens (tertiary/aromatic N) is 4. The predicted octanol–water partition coefficient (Wildman–Crippen LogP) is 2.48. The zero-order valence-electron chi connectivity index (χ0n) is 13.8. The Morgan fingerprint density at radius 1 is 1.29 bits per heavy atom. The van der Waals surface area contributed by atoms with E-state index in [0.717, 1.165) is 5.69 Å². The fourth-order valence-electron chi connectivity index (χ4n) is 2.99. The molecule has 2 aromatic rings. The number of aryl methyl sites for hydroxylation is 2. The van der Waals surface area contributed by atoms with Gasteiger partial charge in [0.05, 0.1) is 5.69 Å². The van der Waals surface area contributed by atoms with E-state index in [1.54, 1.807) is 29.9 Å². The Bertz CT molecular complexity index is 733. The molecule has 1 aromatic carbocycles. The van der Waals surface area contributed by atoms with E-state index < -0.39 is 0 Å². The van der Waals surface area contributed by atoms with Crippen LogP contribution in [0.1, 0.15) is 21.7 Å². The molecule has 0 radical (unpaired) electrons. The van der Waals surface area contributed by atoms with Crippen LogP contribution in [-0.2, 0) is 13.6 Å². The third-order valence-electron chi connectivity index (χ3n) is 4.32. The quantitative estimate of drug-likeness (QED) is 0.854. The average molecular weight is 351 g/mol. The Kier molecular flexibility index (Phi) is 4.87. The number of hydrogen-bond donors (Lipinski definition) is 0. The van der Waals surface area contributed by atoms with Gasteiger partial charge in [0.2, 0.25) is 0 Å². The van der Waals surface area contributed by atoms with Crippen molar-refractivity contribution in [2.75, 3.05) is 26.2 Å². The normalized spacial score (nSPS) is 15.8. The molecule has 0 saturated carbocycles. The van der Waals surface area contributed by atoms with E-state index in [9.17, 15) is 9.18 Å². The fourth-order valence-corrected chi connectivity index (χ4v) is 3.21. The zero-order chi connectivity index (χ0) is 17.3. The summed E-state index contributed by atoms with van der Waals surface area (Å²) in [6.45, 7) is 4.91. The lowest BCUT2D eigenvalue weighted by molar-refractivity contribution is 0.0616. The number of halogens is 2. The van der Waals surface area contributed by atoms with Crippen molar-refractivity contribution in [3.05, 3.63) is 52.1 Å². The highest BCUT2D eigenvalue weighted by molar-refractivity contribution is 6.31. The Balaban J connectivity index is 1.62. The Labute approximate surface area is 145 Å². The minimum atomic E-state index is -0.286. The van der Waals surface area contributed by atoms with Crippen LogP contribution < -0.4 is 0 Å². The SMILES string of the molecule is Cc1cc(C(=O)N2CCN(Cc3c(F)cccc3Cl)CC2)n(C)n1. The van der Waals surface area contributed by atoms with E-state index >= 15 is 0 Å². The van der Waals surface area contributed by atoms with Gasteiger partial charge in [-0.15, -0.1) is 0 Å². The van der Waals surface area contributed by atoms with Gasteiger partial charge in [-0.05, 0) is 25.1 Å². The molecule has 1 aliphatic rings. The van der Waals surface area contributed by atoms with E-state index in [2.05, 4.69) is 10.00 Å². The van der Waals surface area contributed by atoms with Crippen molar-refractivity contribution >= 4 is 17.5 Å². The minimum Gasteiger partial charge on any atom is -0.335 e. The van der Waals surface area contributed by atoms with Crippen LogP contribution in [0.25, 0.3) is 0 Å². The predicted molar refractivity (Wildman–Crippen MR) is 90.5 cm³/mol. The molecule has 5 nitrogen and oxygen atoms in total. The lowest BCUT2D eigenvalue weighted by Gasteiger charge is -2.34. The number of piperazine rings is 1. The van der Waals surface area contributed by atoms with Crippen LogP contribution in [0, 0.1) is 12.7 Å². The molecule has 2 heterocycles. The van der Waals surface area contributed by atoms with Crippen LogP contribution in [0.5, 0.6) is 0 Å². The first-order valence-corrected chi connectivity index (χ1v) is 8.28. The first-order valence-electron chi connectivity index (χ1n) is 7.91. The molecule has 24 heavy (non-hydrogen) atoms. The number of carbonyl (C=O) groups is 1. The number of rotatable bonds is 3. The standard InChI is InChI=1S/C17H20ClFN4O/c1-12-10-16(21(2)20-12)17(24)23-8-6-22(7-9-23)11-13-14(18)4-3-5-15(13)19/h3-5,10H,6-9,11H2,1-2H3. The molecule has 0 aliphatic carbocycles. The molecule has 1 fully saturated rings. The van der Waals surface area contributed by atoms with Gasteiger partial charge in [-0.1, -0.05) is 17.7 Å². The molecular formula is C17H20ClFN4O. The van der Waals surface area contributed by atoms with Gasteiger partial charge in [0.25, 0.3) is 5.91 Å². The van der Waals surface area contributed by atoms with Crippen molar-refractivity contribution in [3.63, 3.8) is 0 Å². The molecular weight excluding hydrogens is 331 g/mol. The highest BCUT2D eigenvalue weighted by atomic mass is 35.5. The van der Waals surface area contributed by atoms with Gasteiger partial charge in [-0.25, -0.2) is 4.39 Å². The molecule has 1 saturated heterocycles. The second-order valence-electron chi connectivity index (χ2n) is 6.06. The van der Waals surface area contributed by atoms with E-state index in [4.69, 9.17) is 11.6 Å². The summed E-state index contributed by atoms with van der Waals surface area (Å²) in [5.74, 6) is -0.298. The first kappa shape index (κ1) is 16.9. The van der Waals surface area contributed by atoms with Crippen molar-refractivity contribution in [3.8, 4) is 0 Å². The third kappa shape index (κ3) is 3.44. The summed E-state index contributed by atoms with van der Waals surface area (Å²) in [7, 11) is 1.77. The van der Waals surface area contributed by atoms with Crippen LogP contribution in [0.3, 0.4) is 0 Å². The van der Waals surface area contributed by atoms with E-state index in [0.29, 0.717) is 49.0 Å². The number of amides is 1. The monoisotopic (exact) mass is 350 g/mol. The fraction of sp³-hybridized carbons (Fsp3) is 0.412. The maximum Gasteiger partial charge on any atom is 0.272 e. The molecule has 0 N–H and O–H groups in total. The summed E-state index contributed by atoms with van der Waals surface area (Å²) in [5, 5.41) is 4.66. The summed E-state index contributed by atoms with van der Waals surface area (Å²) < 4.78 is 15.5. The second kappa shape index (κ2) is 6.91. The van der Waals surface area contributed by atoms with Gasteiger partial charge in [0.1, 0.15) is 11.5 Å². The van der Waals surface area contributed by atoms with Crippen LogP contribution >= 0.6 is 11.6 Å². The number of aromatic nitrogens is 2. The molecule has 0 bridgehead atoms. The maximum atomic E-state index is 13.9.